The highest BCUT2D eigenvalue weighted by Gasteiger charge is 2.19. The van der Waals surface area contributed by atoms with Gasteiger partial charge in [0.15, 0.2) is 0 Å². The molecule has 1 fully saturated rings. The van der Waals surface area contributed by atoms with E-state index < -0.39 is 5.97 Å². The summed E-state index contributed by atoms with van der Waals surface area (Å²) < 4.78 is 16.6. The molecular formula is C25H27NO6. The Bertz CT molecular complexity index is 1150. The van der Waals surface area contributed by atoms with Crippen LogP contribution in [0.2, 0.25) is 0 Å². The zero-order valence-corrected chi connectivity index (χ0v) is 18.1. The van der Waals surface area contributed by atoms with Crippen LogP contribution in [0, 0.1) is 0 Å². The molecule has 0 spiro atoms. The van der Waals surface area contributed by atoms with E-state index in [-0.39, 0.29) is 16.9 Å². The van der Waals surface area contributed by atoms with Crippen LogP contribution in [-0.2, 0) is 11.3 Å². The van der Waals surface area contributed by atoms with Gasteiger partial charge in [-0.1, -0.05) is 13.3 Å². The highest BCUT2D eigenvalue weighted by Crippen LogP contribution is 2.30. The Balaban J connectivity index is 1.56. The Labute approximate surface area is 186 Å². The number of esters is 1. The summed E-state index contributed by atoms with van der Waals surface area (Å²) in [5, 5.41) is 10.8. The molecule has 2 heterocycles. The van der Waals surface area contributed by atoms with Crippen LogP contribution in [0.15, 0.2) is 51.9 Å². The molecule has 1 N–H and O–H groups in total. The van der Waals surface area contributed by atoms with E-state index in [1.54, 1.807) is 30.3 Å². The number of piperidine rings is 1. The van der Waals surface area contributed by atoms with Crippen LogP contribution in [0.4, 0.5) is 0 Å². The first-order chi connectivity index (χ1) is 15.6. The summed E-state index contributed by atoms with van der Waals surface area (Å²) in [4.78, 5) is 27.2. The van der Waals surface area contributed by atoms with Gasteiger partial charge in [-0.05, 0) is 68.8 Å². The molecule has 0 amide bonds. The van der Waals surface area contributed by atoms with Crippen molar-refractivity contribution in [1.29, 1.82) is 0 Å². The van der Waals surface area contributed by atoms with Gasteiger partial charge in [0.05, 0.1) is 23.1 Å². The molecule has 2 aromatic carbocycles. The first-order valence-corrected chi connectivity index (χ1v) is 11.0. The quantitative estimate of drug-likeness (QED) is 0.529. The molecule has 1 aromatic heterocycles. The number of phenols is 1. The van der Waals surface area contributed by atoms with Crippen LogP contribution in [0.5, 0.6) is 17.2 Å². The molecule has 0 radical (unpaired) electrons. The van der Waals surface area contributed by atoms with E-state index in [4.69, 9.17) is 13.9 Å². The van der Waals surface area contributed by atoms with Crippen LogP contribution < -0.4 is 10.2 Å². The van der Waals surface area contributed by atoms with E-state index in [0.29, 0.717) is 41.0 Å². The molecule has 0 bridgehead atoms. The fourth-order valence-corrected chi connectivity index (χ4v) is 3.86. The number of nitrogens with zero attached hydrogens (tertiary/aromatic N) is 1. The number of carbonyl (C=O) groups excluding carboxylic acids is 1. The maximum atomic E-state index is 13.0. The largest absolute Gasteiger partial charge is 0.507 e. The number of hydrogen-bond donors (Lipinski definition) is 1. The summed E-state index contributed by atoms with van der Waals surface area (Å²) in [5.74, 6) is 0.152. The minimum absolute atomic E-state index is 0.0356. The van der Waals surface area contributed by atoms with Crippen LogP contribution in [0.25, 0.3) is 11.0 Å². The number of carbonyl (C=O) groups is 1. The van der Waals surface area contributed by atoms with Crippen molar-refractivity contribution in [3.05, 3.63) is 64.0 Å². The number of aromatic hydroxyl groups is 1. The predicted molar refractivity (Wildman–Crippen MR) is 120 cm³/mol. The minimum Gasteiger partial charge on any atom is -0.507 e. The SMILES string of the molecule is CCCOC(=O)c1ccc(Oc2coc3c(CN4CCCCC4)c(O)ccc3c2=O)cc1. The summed E-state index contributed by atoms with van der Waals surface area (Å²) in [6, 6.07) is 9.46. The standard InChI is InChI=1S/C25H27NO6/c1-2-14-30-25(29)17-6-8-18(9-7-17)32-22-16-31-24-19(23(22)28)10-11-21(27)20(24)15-26-12-4-3-5-13-26/h6-11,16,27H,2-5,12-15H2,1H3. The first kappa shape index (κ1) is 21.9. The third kappa shape index (κ3) is 4.78. The van der Waals surface area contributed by atoms with Gasteiger partial charge in [-0.3, -0.25) is 9.69 Å². The molecule has 7 heteroatoms. The first-order valence-electron chi connectivity index (χ1n) is 11.0. The van der Waals surface area contributed by atoms with E-state index >= 15 is 0 Å². The lowest BCUT2D eigenvalue weighted by atomic mass is 10.1. The highest BCUT2D eigenvalue weighted by molar-refractivity contribution is 5.89. The molecule has 0 atom stereocenters. The average Bonchev–Trinajstić information content (AvgIpc) is 2.82. The van der Waals surface area contributed by atoms with Crippen molar-refractivity contribution >= 4 is 16.9 Å². The van der Waals surface area contributed by atoms with Crippen molar-refractivity contribution in [3.8, 4) is 17.2 Å². The second-order valence-electron chi connectivity index (χ2n) is 7.97. The average molecular weight is 437 g/mol. The lowest BCUT2D eigenvalue weighted by Gasteiger charge is -2.26. The monoisotopic (exact) mass is 437 g/mol. The number of fused-ring (bicyclic) bond motifs is 1. The fraction of sp³-hybridized carbons (Fsp3) is 0.360. The Hall–Kier alpha value is -3.32. The highest BCUT2D eigenvalue weighted by atomic mass is 16.5. The smallest absolute Gasteiger partial charge is 0.338 e. The molecule has 0 unspecified atom stereocenters. The van der Waals surface area contributed by atoms with Gasteiger partial charge in [0.1, 0.15) is 23.3 Å². The normalized spacial score (nSPS) is 14.4. The topological polar surface area (TPSA) is 89.2 Å². The van der Waals surface area contributed by atoms with Crippen molar-refractivity contribution in [2.45, 2.75) is 39.2 Å². The number of ether oxygens (including phenoxy) is 2. The number of rotatable bonds is 7. The summed E-state index contributed by atoms with van der Waals surface area (Å²) in [6.45, 7) is 4.75. The number of benzene rings is 2. The van der Waals surface area contributed by atoms with Gasteiger partial charge in [0, 0.05) is 6.54 Å². The number of hydrogen-bond acceptors (Lipinski definition) is 7. The zero-order valence-electron chi connectivity index (χ0n) is 18.1. The molecule has 0 saturated carbocycles. The van der Waals surface area contributed by atoms with Crippen molar-refractivity contribution in [2.24, 2.45) is 0 Å². The Morgan fingerprint density at radius 2 is 1.84 bits per heavy atom. The lowest BCUT2D eigenvalue weighted by Crippen LogP contribution is -2.29. The van der Waals surface area contributed by atoms with Crippen molar-refractivity contribution in [2.75, 3.05) is 19.7 Å². The number of phenolic OH excluding ortho intramolecular Hbond substituents is 1. The molecule has 32 heavy (non-hydrogen) atoms. The molecule has 7 nitrogen and oxygen atoms in total. The summed E-state index contributed by atoms with van der Waals surface area (Å²) in [5.41, 5.74) is 1.08. The van der Waals surface area contributed by atoms with Crippen LogP contribution in [0.1, 0.15) is 48.5 Å². The van der Waals surface area contributed by atoms with Crippen molar-refractivity contribution in [3.63, 3.8) is 0 Å². The molecule has 3 aromatic rings. The lowest BCUT2D eigenvalue weighted by molar-refractivity contribution is 0.0505. The van der Waals surface area contributed by atoms with Gasteiger partial charge >= 0.3 is 5.97 Å². The third-order valence-corrected chi connectivity index (χ3v) is 5.57. The van der Waals surface area contributed by atoms with E-state index in [1.165, 1.54) is 18.8 Å². The van der Waals surface area contributed by atoms with Gasteiger partial charge < -0.3 is 19.0 Å². The fourth-order valence-electron chi connectivity index (χ4n) is 3.86. The second kappa shape index (κ2) is 9.87. The van der Waals surface area contributed by atoms with Crippen LogP contribution in [0.3, 0.4) is 0 Å². The summed E-state index contributed by atoms with van der Waals surface area (Å²) in [7, 11) is 0. The Morgan fingerprint density at radius 3 is 2.56 bits per heavy atom. The van der Waals surface area contributed by atoms with E-state index in [0.717, 1.165) is 32.4 Å². The van der Waals surface area contributed by atoms with E-state index in [9.17, 15) is 14.7 Å². The molecule has 1 aliphatic rings. The molecule has 168 valence electrons. The van der Waals surface area contributed by atoms with Crippen LogP contribution >= 0.6 is 0 Å². The van der Waals surface area contributed by atoms with E-state index in [1.807, 2.05) is 6.92 Å². The van der Waals surface area contributed by atoms with Gasteiger partial charge in [0.25, 0.3) is 0 Å². The molecule has 0 aliphatic carbocycles. The molecule has 4 rings (SSSR count). The van der Waals surface area contributed by atoms with Gasteiger partial charge in [-0.25, -0.2) is 4.79 Å². The van der Waals surface area contributed by atoms with E-state index in [2.05, 4.69) is 4.90 Å². The third-order valence-electron chi connectivity index (χ3n) is 5.57. The minimum atomic E-state index is -0.398. The van der Waals surface area contributed by atoms with Gasteiger partial charge in [-0.2, -0.15) is 0 Å². The Morgan fingerprint density at radius 1 is 1.09 bits per heavy atom. The maximum absolute atomic E-state index is 13.0. The summed E-state index contributed by atoms with van der Waals surface area (Å²) >= 11 is 0. The van der Waals surface area contributed by atoms with Crippen molar-refractivity contribution in [1.82, 2.24) is 4.90 Å². The molecule has 1 saturated heterocycles. The van der Waals surface area contributed by atoms with Gasteiger partial charge in [-0.15, -0.1) is 0 Å². The summed E-state index contributed by atoms with van der Waals surface area (Å²) in [6.07, 6.45) is 5.50. The number of likely N-dealkylation sites (tertiary alicyclic amines) is 1. The molecular weight excluding hydrogens is 410 g/mol. The van der Waals surface area contributed by atoms with Crippen molar-refractivity contribution < 1.29 is 23.8 Å². The zero-order chi connectivity index (χ0) is 22.5. The maximum Gasteiger partial charge on any atom is 0.338 e. The molecule has 1 aliphatic heterocycles. The predicted octanol–water partition coefficient (Wildman–Crippen LogP) is 4.84. The second-order valence-corrected chi connectivity index (χ2v) is 7.97. The Kier molecular flexibility index (Phi) is 6.75. The van der Waals surface area contributed by atoms with Crippen LogP contribution in [-0.4, -0.2) is 35.7 Å². The van der Waals surface area contributed by atoms with Gasteiger partial charge in [0.2, 0.25) is 11.2 Å².